The lowest BCUT2D eigenvalue weighted by atomic mass is 9.93. The van der Waals surface area contributed by atoms with Crippen LogP contribution in [0.15, 0.2) is 28.7 Å². The number of hydrogen-bond acceptors (Lipinski definition) is 2. The SMILES string of the molecule is Cc1cccc2cc(C3(C)CCCCCN3)oc12. The van der Waals surface area contributed by atoms with Gasteiger partial charge in [0.2, 0.25) is 0 Å². The number of fused-ring (bicyclic) bond motifs is 1. The topological polar surface area (TPSA) is 25.2 Å². The number of para-hydroxylation sites is 1. The van der Waals surface area contributed by atoms with Crippen molar-refractivity contribution in [3.8, 4) is 0 Å². The molecule has 0 aliphatic carbocycles. The lowest BCUT2D eigenvalue weighted by Gasteiger charge is -2.26. The molecule has 2 nitrogen and oxygen atoms in total. The van der Waals surface area contributed by atoms with Gasteiger partial charge in [0.25, 0.3) is 0 Å². The minimum Gasteiger partial charge on any atom is -0.459 e. The van der Waals surface area contributed by atoms with Crippen molar-refractivity contribution < 1.29 is 4.42 Å². The summed E-state index contributed by atoms with van der Waals surface area (Å²) in [7, 11) is 0. The average molecular weight is 243 g/mol. The molecule has 0 amide bonds. The van der Waals surface area contributed by atoms with E-state index < -0.39 is 0 Å². The first-order chi connectivity index (χ1) is 8.69. The maximum atomic E-state index is 6.13. The van der Waals surface area contributed by atoms with Crippen LogP contribution in [-0.2, 0) is 5.54 Å². The Hall–Kier alpha value is -1.28. The molecule has 0 bridgehead atoms. The molecule has 3 rings (SSSR count). The summed E-state index contributed by atoms with van der Waals surface area (Å²) in [6.07, 6.45) is 5.03. The molecule has 96 valence electrons. The van der Waals surface area contributed by atoms with E-state index in [2.05, 4.69) is 43.4 Å². The second-order valence-corrected chi connectivity index (χ2v) is 5.67. The van der Waals surface area contributed by atoms with Crippen molar-refractivity contribution in [2.24, 2.45) is 0 Å². The molecule has 2 heterocycles. The molecule has 1 aliphatic rings. The van der Waals surface area contributed by atoms with Crippen LogP contribution in [0.3, 0.4) is 0 Å². The highest BCUT2D eigenvalue weighted by atomic mass is 16.3. The van der Waals surface area contributed by atoms with Crippen LogP contribution in [0, 0.1) is 6.92 Å². The van der Waals surface area contributed by atoms with Gasteiger partial charge in [0.1, 0.15) is 11.3 Å². The fraction of sp³-hybridized carbons (Fsp3) is 0.500. The molecule has 2 aromatic rings. The fourth-order valence-corrected chi connectivity index (χ4v) is 2.92. The van der Waals surface area contributed by atoms with Crippen LogP contribution in [0.5, 0.6) is 0 Å². The van der Waals surface area contributed by atoms with Gasteiger partial charge in [0.15, 0.2) is 0 Å². The van der Waals surface area contributed by atoms with Gasteiger partial charge in [-0.15, -0.1) is 0 Å². The standard InChI is InChI=1S/C16H21NO/c1-12-7-6-8-13-11-14(18-15(12)13)16(2)9-4-3-5-10-17-16/h6-8,11,17H,3-5,9-10H2,1-2H3. The third-order valence-electron chi connectivity index (χ3n) is 4.15. The van der Waals surface area contributed by atoms with Gasteiger partial charge in [-0.25, -0.2) is 0 Å². The van der Waals surface area contributed by atoms with Crippen molar-refractivity contribution in [2.45, 2.75) is 45.1 Å². The largest absolute Gasteiger partial charge is 0.459 e. The van der Waals surface area contributed by atoms with Crippen LogP contribution in [0.2, 0.25) is 0 Å². The normalized spacial score (nSPS) is 25.2. The van der Waals surface area contributed by atoms with Crippen LogP contribution in [0.4, 0.5) is 0 Å². The number of hydrogen-bond donors (Lipinski definition) is 1. The maximum Gasteiger partial charge on any atom is 0.137 e. The molecule has 1 N–H and O–H groups in total. The van der Waals surface area contributed by atoms with Crippen molar-refractivity contribution in [1.82, 2.24) is 5.32 Å². The van der Waals surface area contributed by atoms with Crippen LogP contribution >= 0.6 is 0 Å². The molecule has 18 heavy (non-hydrogen) atoms. The Labute approximate surface area is 108 Å². The monoisotopic (exact) mass is 243 g/mol. The molecular formula is C16H21NO. The second kappa shape index (κ2) is 4.43. The third-order valence-corrected chi connectivity index (χ3v) is 4.15. The smallest absolute Gasteiger partial charge is 0.137 e. The number of aryl methyl sites for hydroxylation is 1. The highest BCUT2D eigenvalue weighted by molar-refractivity contribution is 5.81. The summed E-state index contributed by atoms with van der Waals surface area (Å²) in [6, 6.07) is 8.55. The van der Waals surface area contributed by atoms with Gasteiger partial charge in [-0.1, -0.05) is 31.0 Å². The third kappa shape index (κ3) is 1.95. The fourth-order valence-electron chi connectivity index (χ4n) is 2.92. The van der Waals surface area contributed by atoms with E-state index in [1.165, 1.54) is 30.2 Å². The molecule has 1 saturated heterocycles. The summed E-state index contributed by atoms with van der Waals surface area (Å²) >= 11 is 0. The first-order valence-electron chi connectivity index (χ1n) is 6.94. The Balaban J connectivity index is 2.05. The second-order valence-electron chi connectivity index (χ2n) is 5.67. The predicted octanol–water partition coefficient (Wildman–Crippen LogP) is 4.12. The van der Waals surface area contributed by atoms with E-state index in [1.807, 2.05) is 0 Å². The zero-order valence-electron chi connectivity index (χ0n) is 11.3. The van der Waals surface area contributed by atoms with Gasteiger partial charge >= 0.3 is 0 Å². The predicted molar refractivity (Wildman–Crippen MR) is 74.8 cm³/mol. The van der Waals surface area contributed by atoms with E-state index in [0.717, 1.165) is 24.3 Å². The number of furan rings is 1. The molecule has 1 aromatic carbocycles. The maximum absolute atomic E-state index is 6.13. The minimum absolute atomic E-state index is 0.00194. The van der Waals surface area contributed by atoms with Crippen molar-refractivity contribution in [2.75, 3.05) is 6.54 Å². The molecule has 1 aliphatic heterocycles. The Morgan fingerprint density at radius 1 is 1.22 bits per heavy atom. The van der Waals surface area contributed by atoms with Crippen molar-refractivity contribution >= 4 is 11.0 Å². The summed E-state index contributed by atoms with van der Waals surface area (Å²) in [5.41, 5.74) is 2.26. The average Bonchev–Trinajstić information content (AvgIpc) is 2.69. The van der Waals surface area contributed by atoms with Gasteiger partial charge in [-0.2, -0.15) is 0 Å². The van der Waals surface area contributed by atoms with Crippen molar-refractivity contribution in [3.63, 3.8) is 0 Å². The summed E-state index contributed by atoms with van der Waals surface area (Å²) in [6.45, 7) is 5.47. The van der Waals surface area contributed by atoms with Crippen molar-refractivity contribution in [3.05, 3.63) is 35.6 Å². The van der Waals surface area contributed by atoms with Crippen LogP contribution < -0.4 is 5.32 Å². The molecular weight excluding hydrogens is 222 g/mol. The highest BCUT2D eigenvalue weighted by Crippen LogP contribution is 2.34. The van der Waals surface area contributed by atoms with Gasteiger partial charge in [-0.3, -0.25) is 0 Å². The van der Waals surface area contributed by atoms with E-state index in [9.17, 15) is 0 Å². The number of nitrogens with one attached hydrogen (secondary N) is 1. The lowest BCUT2D eigenvalue weighted by molar-refractivity contribution is 0.296. The Kier molecular flexibility index (Phi) is 2.90. The minimum atomic E-state index is 0.00194. The molecule has 1 aromatic heterocycles. The summed E-state index contributed by atoms with van der Waals surface area (Å²) < 4.78 is 6.13. The van der Waals surface area contributed by atoms with Crippen LogP contribution in [0.25, 0.3) is 11.0 Å². The number of rotatable bonds is 1. The van der Waals surface area contributed by atoms with E-state index >= 15 is 0 Å². The van der Waals surface area contributed by atoms with Gasteiger partial charge in [0.05, 0.1) is 5.54 Å². The molecule has 1 atom stereocenters. The van der Waals surface area contributed by atoms with Gasteiger partial charge in [0, 0.05) is 5.39 Å². The van der Waals surface area contributed by atoms with Gasteiger partial charge < -0.3 is 9.73 Å². The Bertz CT molecular complexity index is 547. The van der Waals surface area contributed by atoms with E-state index in [4.69, 9.17) is 4.42 Å². The van der Waals surface area contributed by atoms with E-state index in [-0.39, 0.29) is 5.54 Å². The molecule has 1 unspecified atom stereocenters. The zero-order valence-corrected chi connectivity index (χ0v) is 11.3. The molecule has 0 spiro atoms. The lowest BCUT2D eigenvalue weighted by Crippen LogP contribution is -2.38. The molecule has 1 fully saturated rings. The first kappa shape index (κ1) is 11.8. The Morgan fingerprint density at radius 2 is 2.11 bits per heavy atom. The first-order valence-corrected chi connectivity index (χ1v) is 6.94. The molecule has 2 heteroatoms. The highest BCUT2D eigenvalue weighted by Gasteiger charge is 2.30. The van der Waals surface area contributed by atoms with Crippen molar-refractivity contribution in [1.29, 1.82) is 0 Å². The van der Waals surface area contributed by atoms with Crippen LogP contribution in [-0.4, -0.2) is 6.54 Å². The summed E-state index contributed by atoms with van der Waals surface area (Å²) in [5, 5.41) is 4.88. The van der Waals surface area contributed by atoms with E-state index in [1.54, 1.807) is 0 Å². The van der Waals surface area contributed by atoms with Crippen LogP contribution in [0.1, 0.15) is 43.9 Å². The Morgan fingerprint density at radius 3 is 2.94 bits per heavy atom. The zero-order chi connectivity index (χ0) is 12.6. The quantitative estimate of drug-likeness (QED) is 0.815. The van der Waals surface area contributed by atoms with E-state index in [0.29, 0.717) is 0 Å². The number of benzene rings is 1. The summed E-state index contributed by atoms with van der Waals surface area (Å²) in [4.78, 5) is 0. The van der Waals surface area contributed by atoms with Gasteiger partial charge in [-0.05, 0) is 44.9 Å². The summed E-state index contributed by atoms with van der Waals surface area (Å²) in [5.74, 6) is 1.09. The molecule has 0 saturated carbocycles. The molecule has 0 radical (unpaired) electrons.